The summed E-state index contributed by atoms with van der Waals surface area (Å²) in [7, 11) is 1.75. The van der Waals surface area contributed by atoms with Gasteiger partial charge in [0, 0.05) is 5.54 Å². The molecule has 2 nitrogen and oxygen atoms in total. The van der Waals surface area contributed by atoms with E-state index in [0.29, 0.717) is 11.8 Å². The zero-order valence-electron chi connectivity index (χ0n) is 13.5. The van der Waals surface area contributed by atoms with Crippen molar-refractivity contribution in [3.63, 3.8) is 0 Å². The number of benzene rings is 1. The van der Waals surface area contributed by atoms with Crippen molar-refractivity contribution >= 4 is 0 Å². The van der Waals surface area contributed by atoms with Crippen molar-refractivity contribution in [3.05, 3.63) is 41.0 Å². The van der Waals surface area contributed by atoms with E-state index in [9.17, 15) is 0 Å². The summed E-state index contributed by atoms with van der Waals surface area (Å²) >= 11 is 0. The lowest BCUT2D eigenvalue weighted by Crippen LogP contribution is -2.39. The predicted molar refractivity (Wildman–Crippen MR) is 87.9 cm³/mol. The molecule has 0 unspecified atom stereocenters. The number of allylic oxidation sites excluding steroid dienone is 1. The third kappa shape index (κ3) is 2.50. The fourth-order valence-electron chi connectivity index (χ4n) is 4.26. The number of rotatable bonds is 3. The Morgan fingerprint density at radius 2 is 2.14 bits per heavy atom. The van der Waals surface area contributed by atoms with E-state index in [4.69, 9.17) is 10.5 Å². The zero-order valence-corrected chi connectivity index (χ0v) is 13.5. The second-order valence-corrected chi connectivity index (χ2v) is 7.27. The molecule has 0 fully saturated rings. The fourth-order valence-corrected chi connectivity index (χ4v) is 4.26. The van der Waals surface area contributed by atoms with Crippen LogP contribution in [0.4, 0.5) is 0 Å². The van der Waals surface area contributed by atoms with Gasteiger partial charge in [-0.3, -0.25) is 0 Å². The van der Waals surface area contributed by atoms with Gasteiger partial charge in [0.1, 0.15) is 5.75 Å². The molecule has 21 heavy (non-hydrogen) atoms. The Labute approximate surface area is 128 Å². The number of hydrogen-bond donors (Lipinski definition) is 1. The molecule has 2 heteroatoms. The van der Waals surface area contributed by atoms with Gasteiger partial charge in [0.25, 0.3) is 0 Å². The standard InChI is InChI=1S/C19H27NO/c1-12(2)9-14-6-5-13-7-8-19(3,20)17-11-15(21-4)10-16(14)18(13)17/h10-11,13-14H,1,5-9,20H2,2-4H3/t13-,14+,19-/m0/s1. The van der Waals surface area contributed by atoms with Crippen LogP contribution < -0.4 is 10.5 Å². The number of hydrogen-bond acceptors (Lipinski definition) is 2. The van der Waals surface area contributed by atoms with Crippen LogP contribution >= 0.6 is 0 Å². The first-order valence-corrected chi connectivity index (χ1v) is 8.08. The van der Waals surface area contributed by atoms with Crippen LogP contribution in [0.1, 0.15) is 74.5 Å². The number of methoxy groups -OCH3 is 1. The summed E-state index contributed by atoms with van der Waals surface area (Å²) in [6, 6.07) is 4.42. The molecular weight excluding hydrogens is 258 g/mol. The number of nitrogens with two attached hydrogens (primary N) is 1. The third-order valence-electron chi connectivity index (χ3n) is 5.36. The van der Waals surface area contributed by atoms with Crippen LogP contribution in [-0.4, -0.2) is 7.11 Å². The van der Waals surface area contributed by atoms with Crippen LogP contribution in [0.3, 0.4) is 0 Å². The minimum atomic E-state index is -0.222. The number of ether oxygens (including phenoxy) is 1. The molecule has 0 aromatic heterocycles. The lowest BCUT2D eigenvalue weighted by atomic mass is 9.64. The van der Waals surface area contributed by atoms with Crippen molar-refractivity contribution < 1.29 is 4.74 Å². The molecule has 1 aromatic carbocycles. The highest BCUT2D eigenvalue weighted by Crippen LogP contribution is 2.51. The van der Waals surface area contributed by atoms with Gasteiger partial charge in [-0.05, 0) is 86.6 Å². The maximum absolute atomic E-state index is 6.60. The van der Waals surface area contributed by atoms with Crippen LogP contribution in [0.25, 0.3) is 0 Å². The van der Waals surface area contributed by atoms with E-state index >= 15 is 0 Å². The second kappa shape index (κ2) is 5.17. The van der Waals surface area contributed by atoms with Gasteiger partial charge in [0.15, 0.2) is 0 Å². The Morgan fingerprint density at radius 1 is 1.38 bits per heavy atom. The molecule has 0 radical (unpaired) electrons. The second-order valence-electron chi connectivity index (χ2n) is 7.27. The van der Waals surface area contributed by atoms with E-state index in [2.05, 4.69) is 32.6 Å². The molecule has 2 aliphatic rings. The van der Waals surface area contributed by atoms with Crippen molar-refractivity contribution in [2.24, 2.45) is 5.73 Å². The van der Waals surface area contributed by atoms with E-state index in [1.54, 1.807) is 7.11 Å². The SMILES string of the molecule is C=C(C)C[C@H]1CC[C@H]2CC[C@](C)(N)c3cc(OC)cc1c32. The summed E-state index contributed by atoms with van der Waals surface area (Å²) < 4.78 is 5.55. The van der Waals surface area contributed by atoms with Gasteiger partial charge in [-0.2, -0.15) is 0 Å². The van der Waals surface area contributed by atoms with Crippen molar-refractivity contribution in [1.82, 2.24) is 0 Å². The lowest BCUT2D eigenvalue weighted by Gasteiger charge is -2.43. The van der Waals surface area contributed by atoms with Crippen molar-refractivity contribution in [3.8, 4) is 5.75 Å². The van der Waals surface area contributed by atoms with E-state index in [1.807, 2.05) is 0 Å². The Bertz CT molecular complexity index is 573. The summed E-state index contributed by atoms with van der Waals surface area (Å²) in [6.07, 6.45) is 5.92. The van der Waals surface area contributed by atoms with Crippen molar-refractivity contribution in [1.29, 1.82) is 0 Å². The maximum Gasteiger partial charge on any atom is 0.119 e. The molecule has 2 aliphatic carbocycles. The van der Waals surface area contributed by atoms with Gasteiger partial charge in [-0.15, -0.1) is 6.58 Å². The summed E-state index contributed by atoms with van der Waals surface area (Å²) in [4.78, 5) is 0. The van der Waals surface area contributed by atoms with E-state index in [0.717, 1.165) is 18.6 Å². The Morgan fingerprint density at radius 3 is 2.81 bits per heavy atom. The van der Waals surface area contributed by atoms with Gasteiger partial charge in [0.05, 0.1) is 7.11 Å². The molecule has 0 saturated heterocycles. The highest BCUT2D eigenvalue weighted by atomic mass is 16.5. The molecule has 0 amide bonds. The minimum Gasteiger partial charge on any atom is -0.497 e. The molecule has 3 atom stereocenters. The quantitative estimate of drug-likeness (QED) is 0.824. The highest BCUT2D eigenvalue weighted by molar-refractivity contribution is 5.51. The maximum atomic E-state index is 6.60. The molecule has 3 rings (SSSR count). The van der Waals surface area contributed by atoms with Crippen LogP contribution in [-0.2, 0) is 5.54 Å². The van der Waals surface area contributed by atoms with Crippen molar-refractivity contribution in [2.75, 3.05) is 7.11 Å². The van der Waals surface area contributed by atoms with Gasteiger partial charge >= 0.3 is 0 Å². The smallest absolute Gasteiger partial charge is 0.119 e. The summed E-state index contributed by atoms with van der Waals surface area (Å²) in [5, 5.41) is 0. The average molecular weight is 285 g/mol. The fraction of sp³-hybridized carbons (Fsp3) is 0.579. The largest absolute Gasteiger partial charge is 0.497 e. The molecule has 0 bridgehead atoms. The lowest BCUT2D eigenvalue weighted by molar-refractivity contribution is 0.333. The summed E-state index contributed by atoms with van der Waals surface area (Å²) in [5.41, 5.74) is 12.0. The Hall–Kier alpha value is -1.28. The molecule has 1 aromatic rings. The molecule has 2 N–H and O–H groups in total. The summed E-state index contributed by atoms with van der Waals surface area (Å²) in [5.74, 6) is 2.23. The molecule has 0 spiro atoms. The normalized spacial score (nSPS) is 30.7. The molecular formula is C19H27NO. The molecule has 114 valence electrons. The first kappa shape index (κ1) is 14.6. The third-order valence-corrected chi connectivity index (χ3v) is 5.36. The van der Waals surface area contributed by atoms with E-state index in [1.165, 1.54) is 41.5 Å². The van der Waals surface area contributed by atoms with Gasteiger partial charge in [-0.25, -0.2) is 0 Å². The van der Waals surface area contributed by atoms with Crippen molar-refractivity contribution in [2.45, 2.75) is 63.3 Å². The minimum absolute atomic E-state index is 0.222. The zero-order chi connectivity index (χ0) is 15.2. The van der Waals surface area contributed by atoms with Crippen LogP contribution in [0, 0.1) is 0 Å². The Kier molecular flexibility index (Phi) is 3.61. The van der Waals surface area contributed by atoms with E-state index in [-0.39, 0.29) is 5.54 Å². The Balaban J connectivity index is 2.16. The monoisotopic (exact) mass is 285 g/mol. The molecule has 0 saturated carbocycles. The van der Waals surface area contributed by atoms with Gasteiger partial charge < -0.3 is 10.5 Å². The molecule has 0 aliphatic heterocycles. The van der Waals surface area contributed by atoms with Gasteiger partial charge in [-0.1, -0.05) is 5.57 Å². The predicted octanol–water partition coefficient (Wildman–Crippen LogP) is 4.59. The van der Waals surface area contributed by atoms with Crippen LogP contribution in [0.15, 0.2) is 24.3 Å². The van der Waals surface area contributed by atoms with Crippen LogP contribution in [0.5, 0.6) is 5.75 Å². The van der Waals surface area contributed by atoms with Gasteiger partial charge in [0.2, 0.25) is 0 Å². The summed E-state index contributed by atoms with van der Waals surface area (Å²) in [6.45, 7) is 8.41. The highest BCUT2D eigenvalue weighted by Gasteiger charge is 2.39. The molecule has 0 heterocycles. The first-order valence-electron chi connectivity index (χ1n) is 8.08. The average Bonchev–Trinajstić information content (AvgIpc) is 2.44. The topological polar surface area (TPSA) is 35.2 Å². The first-order chi connectivity index (χ1) is 9.92. The van der Waals surface area contributed by atoms with Crippen LogP contribution in [0.2, 0.25) is 0 Å². The van der Waals surface area contributed by atoms with E-state index < -0.39 is 0 Å².